The van der Waals surface area contributed by atoms with E-state index in [4.69, 9.17) is 11.6 Å². The molecule has 4 rings (SSSR count). The normalized spacial score (nSPS) is 20.0. The Hall–Kier alpha value is -0.930. The third-order valence-corrected chi connectivity index (χ3v) is 8.42. The first-order chi connectivity index (χ1) is 11.1. The molecule has 23 heavy (non-hydrogen) atoms. The van der Waals surface area contributed by atoms with Gasteiger partial charge in [-0.15, -0.1) is 11.3 Å². The van der Waals surface area contributed by atoms with Gasteiger partial charge in [0.2, 0.25) is 0 Å². The van der Waals surface area contributed by atoms with Gasteiger partial charge in [0.15, 0.2) is 4.21 Å². The van der Waals surface area contributed by atoms with Crippen molar-refractivity contribution in [3.05, 3.63) is 33.9 Å². The summed E-state index contributed by atoms with van der Waals surface area (Å²) in [6.45, 7) is 2.73. The quantitative estimate of drug-likeness (QED) is 0.897. The molecule has 1 fully saturated rings. The molecule has 6 nitrogen and oxygen atoms in total. The van der Waals surface area contributed by atoms with Gasteiger partial charge in [0.25, 0.3) is 10.0 Å². The number of sulfonamides is 1. The van der Waals surface area contributed by atoms with Crippen molar-refractivity contribution in [2.75, 3.05) is 13.1 Å². The van der Waals surface area contributed by atoms with Gasteiger partial charge in [-0.25, -0.2) is 8.42 Å². The second kappa shape index (κ2) is 5.86. The fourth-order valence-corrected chi connectivity index (χ4v) is 6.59. The summed E-state index contributed by atoms with van der Waals surface area (Å²) in [7, 11) is -3.48. The van der Waals surface area contributed by atoms with E-state index in [-0.39, 0.29) is 10.3 Å². The molecule has 0 saturated carbocycles. The van der Waals surface area contributed by atoms with Crippen molar-refractivity contribution < 1.29 is 8.42 Å². The van der Waals surface area contributed by atoms with E-state index in [1.165, 1.54) is 22.6 Å². The van der Waals surface area contributed by atoms with Crippen molar-refractivity contribution in [1.29, 1.82) is 0 Å². The molecule has 0 aromatic carbocycles. The minimum Gasteiger partial charge on any atom is -0.307 e. The molecule has 2 aliphatic heterocycles. The molecule has 4 heterocycles. The second-order valence-corrected chi connectivity index (χ2v) is 9.31. The molecule has 0 unspecified atom stereocenters. The fraction of sp³-hybridized carbons (Fsp3) is 0.500. The Bertz CT molecular complexity index is 822. The molecule has 0 amide bonds. The molecule has 124 valence electrons. The molecule has 0 radical (unpaired) electrons. The number of nitrogens with zero attached hydrogens (tertiary/aromatic N) is 3. The van der Waals surface area contributed by atoms with Crippen LogP contribution >= 0.6 is 22.9 Å². The molecule has 2 aromatic heterocycles. The van der Waals surface area contributed by atoms with Gasteiger partial charge in [0.05, 0.1) is 23.0 Å². The van der Waals surface area contributed by atoms with Crippen LogP contribution in [0.1, 0.15) is 30.1 Å². The van der Waals surface area contributed by atoms with Gasteiger partial charge in [-0.1, -0.05) is 11.6 Å². The van der Waals surface area contributed by atoms with Gasteiger partial charge in [-0.3, -0.25) is 4.68 Å². The summed E-state index contributed by atoms with van der Waals surface area (Å²) < 4.78 is 29.2. The van der Waals surface area contributed by atoms with Crippen molar-refractivity contribution in [2.24, 2.45) is 0 Å². The molecule has 1 N–H and O–H groups in total. The predicted octanol–water partition coefficient (Wildman–Crippen LogP) is 2.23. The first-order valence-corrected chi connectivity index (χ1v) is 10.3. The van der Waals surface area contributed by atoms with Gasteiger partial charge in [0, 0.05) is 31.7 Å². The standard InChI is InChI=1S/C14H17ClN4O2S2/c15-12-3-6-22-14(12)23(20,21)18-4-1-11(2-5-18)19-13-9-16-7-10(13)8-17-19/h3,6,8,11,16H,1-2,4-5,7,9H2. The third-order valence-electron chi connectivity index (χ3n) is 4.52. The van der Waals surface area contributed by atoms with Crippen molar-refractivity contribution in [3.63, 3.8) is 0 Å². The second-order valence-electron chi connectivity index (χ2n) is 5.86. The zero-order valence-electron chi connectivity index (χ0n) is 12.4. The van der Waals surface area contributed by atoms with Crippen LogP contribution in [-0.4, -0.2) is 35.6 Å². The van der Waals surface area contributed by atoms with E-state index in [0.717, 1.165) is 25.9 Å². The average molecular weight is 373 g/mol. The zero-order chi connectivity index (χ0) is 16.0. The highest BCUT2D eigenvalue weighted by Crippen LogP contribution is 2.33. The van der Waals surface area contributed by atoms with Crippen LogP contribution in [0.2, 0.25) is 5.02 Å². The first-order valence-electron chi connectivity index (χ1n) is 7.56. The Labute approximate surface area is 144 Å². The number of thiophene rings is 1. The van der Waals surface area contributed by atoms with Crippen LogP contribution in [0.25, 0.3) is 0 Å². The third kappa shape index (κ3) is 2.62. The van der Waals surface area contributed by atoms with Crippen molar-refractivity contribution in [2.45, 2.75) is 36.2 Å². The fourth-order valence-electron chi connectivity index (χ4n) is 3.30. The lowest BCUT2D eigenvalue weighted by atomic mass is 10.1. The molecule has 0 atom stereocenters. The van der Waals surface area contributed by atoms with Gasteiger partial charge in [-0.2, -0.15) is 9.40 Å². The molecular weight excluding hydrogens is 356 g/mol. The first kappa shape index (κ1) is 15.6. The number of fused-ring (bicyclic) bond motifs is 1. The van der Waals surface area contributed by atoms with Gasteiger partial charge in [0.1, 0.15) is 0 Å². The lowest BCUT2D eigenvalue weighted by molar-refractivity contribution is 0.257. The van der Waals surface area contributed by atoms with E-state index < -0.39 is 10.0 Å². The van der Waals surface area contributed by atoms with Crippen LogP contribution in [0.5, 0.6) is 0 Å². The van der Waals surface area contributed by atoms with E-state index in [1.54, 1.807) is 15.8 Å². The zero-order valence-corrected chi connectivity index (χ0v) is 14.8. The van der Waals surface area contributed by atoms with Crippen LogP contribution in [-0.2, 0) is 23.1 Å². The molecule has 2 aliphatic rings. The van der Waals surface area contributed by atoms with E-state index in [2.05, 4.69) is 15.1 Å². The summed E-state index contributed by atoms with van der Waals surface area (Å²) in [6.07, 6.45) is 3.47. The highest BCUT2D eigenvalue weighted by Gasteiger charge is 2.33. The summed E-state index contributed by atoms with van der Waals surface area (Å²) in [4.78, 5) is 0. The monoisotopic (exact) mass is 372 g/mol. The summed E-state index contributed by atoms with van der Waals surface area (Å²) in [5, 5.41) is 9.85. The maximum Gasteiger partial charge on any atom is 0.254 e. The number of hydrogen-bond acceptors (Lipinski definition) is 5. The van der Waals surface area contributed by atoms with E-state index in [0.29, 0.717) is 18.1 Å². The Kier molecular flexibility index (Phi) is 3.97. The minimum absolute atomic E-state index is 0.252. The van der Waals surface area contributed by atoms with Crippen molar-refractivity contribution >= 4 is 33.0 Å². The smallest absolute Gasteiger partial charge is 0.254 e. The van der Waals surface area contributed by atoms with Gasteiger partial charge in [-0.05, 0) is 24.3 Å². The molecule has 0 spiro atoms. The highest BCUT2D eigenvalue weighted by molar-refractivity contribution is 7.91. The summed E-state index contributed by atoms with van der Waals surface area (Å²) in [6, 6.07) is 1.90. The van der Waals surface area contributed by atoms with Crippen molar-refractivity contribution in [3.8, 4) is 0 Å². The van der Waals surface area contributed by atoms with Crippen LogP contribution in [0.4, 0.5) is 0 Å². The van der Waals surface area contributed by atoms with Gasteiger partial charge < -0.3 is 5.32 Å². The lowest BCUT2D eigenvalue weighted by Gasteiger charge is -2.31. The molecular formula is C14H17ClN4O2S2. The number of hydrogen-bond donors (Lipinski definition) is 1. The van der Waals surface area contributed by atoms with Gasteiger partial charge >= 0.3 is 0 Å². The predicted molar refractivity (Wildman–Crippen MR) is 89.1 cm³/mol. The van der Waals surface area contributed by atoms with Crippen molar-refractivity contribution in [1.82, 2.24) is 19.4 Å². The molecule has 0 aliphatic carbocycles. The number of aromatic nitrogens is 2. The summed E-state index contributed by atoms with van der Waals surface area (Å²) in [5.74, 6) is 0. The van der Waals surface area contributed by atoms with Crippen LogP contribution in [0, 0.1) is 0 Å². The number of rotatable bonds is 3. The molecule has 2 aromatic rings. The van der Waals surface area contributed by atoms with Crippen LogP contribution in [0.3, 0.4) is 0 Å². The average Bonchev–Trinajstić information content (AvgIpc) is 3.23. The topological polar surface area (TPSA) is 67.2 Å². The molecule has 0 bridgehead atoms. The summed E-state index contributed by atoms with van der Waals surface area (Å²) in [5.41, 5.74) is 2.50. The maximum absolute atomic E-state index is 12.7. The lowest BCUT2D eigenvalue weighted by Crippen LogP contribution is -2.39. The van der Waals surface area contributed by atoms with Crippen LogP contribution < -0.4 is 5.32 Å². The number of nitrogens with one attached hydrogen (secondary N) is 1. The van der Waals surface area contributed by atoms with E-state index >= 15 is 0 Å². The van der Waals surface area contributed by atoms with Crippen LogP contribution in [0.15, 0.2) is 21.9 Å². The Morgan fingerprint density at radius 3 is 2.78 bits per heavy atom. The van der Waals surface area contributed by atoms with E-state index in [1.807, 2.05) is 6.20 Å². The largest absolute Gasteiger partial charge is 0.307 e. The highest BCUT2D eigenvalue weighted by atomic mass is 35.5. The van der Waals surface area contributed by atoms with E-state index in [9.17, 15) is 8.42 Å². The molecule has 1 saturated heterocycles. The molecule has 9 heteroatoms. The maximum atomic E-state index is 12.7. The Balaban J connectivity index is 1.50. The number of halogens is 1. The number of piperidine rings is 1. The Morgan fingerprint density at radius 2 is 2.09 bits per heavy atom. The minimum atomic E-state index is -3.48. The summed E-state index contributed by atoms with van der Waals surface area (Å²) >= 11 is 7.18. The Morgan fingerprint density at radius 1 is 1.30 bits per heavy atom. The SMILES string of the molecule is O=S(=O)(c1sccc1Cl)N1CCC(n2ncc3c2CNC3)CC1.